The van der Waals surface area contributed by atoms with Gasteiger partial charge < -0.3 is 29.2 Å². The number of aromatic hydroxyl groups is 2. The molecular formula is C28H34O8. The molecular weight excluding hydrogens is 464 g/mol. The van der Waals surface area contributed by atoms with E-state index in [2.05, 4.69) is 0 Å². The summed E-state index contributed by atoms with van der Waals surface area (Å²) in [6.45, 7) is 4.45. The van der Waals surface area contributed by atoms with Crippen molar-refractivity contribution in [2.24, 2.45) is 0 Å². The van der Waals surface area contributed by atoms with Crippen LogP contribution in [0.4, 0.5) is 0 Å². The standard InChI is InChI=1S/C19H26O5.C9H8O3/c1-2-21-17-12-14-7-8-16(20)15(14)13-18(17)22-10-5-11-24-19-6-3-4-9-23-19;10-7-2-1-5-3-8(11)9(12)4-6(5)7/h12-13,19H,2-11H2,1H3;3-4,11-12H,1-2H2. The zero-order valence-corrected chi connectivity index (χ0v) is 20.7. The summed E-state index contributed by atoms with van der Waals surface area (Å²) in [4.78, 5) is 23.0. The third-order valence-electron chi connectivity index (χ3n) is 6.50. The molecule has 1 heterocycles. The number of carbonyl (C=O) groups is 2. The molecule has 5 rings (SSSR count). The molecule has 1 saturated heterocycles. The van der Waals surface area contributed by atoms with Crippen LogP contribution in [0.25, 0.3) is 0 Å². The first-order valence-corrected chi connectivity index (χ1v) is 12.7. The molecule has 2 aromatic rings. The van der Waals surface area contributed by atoms with E-state index in [-0.39, 0.29) is 29.4 Å². The van der Waals surface area contributed by atoms with Gasteiger partial charge in [-0.05, 0) is 74.4 Å². The molecule has 8 heteroatoms. The second kappa shape index (κ2) is 12.2. The summed E-state index contributed by atoms with van der Waals surface area (Å²) in [6, 6.07) is 6.57. The molecule has 0 amide bonds. The molecule has 0 spiro atoms. The third kappa shape index (κ3) is 6.36. The maximum absolute atomic E-state index is 11.9. The van der Waals surface area contributed by atoms with Crippen LogP contribution in [0.5, 0.6) is 23.0 Å². The van der Waals surface area contributed by atoms with Gasteiger partial charge in [-0.3, -0.25) is 9.59 Å². The Bertz CT molecular complexity index is 1090. The number of ketones is 2. The predicted octanol–water partition coefficient (Wildman–Crippen LogP) is 4.75. The average molecular weight is 499 g/mol. The topological polar surface area (TPSA) is 112 Å². The van der Waals surface area contributed by atoms with Gasteiger partial charge in [-0.2, -0.15) is 0 Å². The van der Waals surface area contributed by atoms with Crippen LogP contribution in [0.15, 0.2) is 24.3 Å². The van der Waals surface area contributed by atoms with Crippen molar-refractivity contribution in [3.05, 3.63) is 46.5 Å². The van der Waals surface area contributed by atoms with Gasteiger partial charge in [0, 0.05) is 37.0 Å². The molecule has 2 N–H and O–H groups in total. The molecule has 0 radical (unpaired) electrons. The van der Waals surface area contributed by atoms with Crippen molar-refractivity contribution in [2.45, 2.75) is 64.6 Å². The van der Waals surface area contributed by atoms with Crippen molar-refractivity contribution < 1.29 is 38.7 Å². The van der Waals surface area contributed by atoms with Crippen LogP contribution in [0.3, 0.4) is 0 Å². The van der Waals surface area contributed by atoms with Crippen LogP contribution in [0.2, 0.25) is 0 Å². The Morgan fingerprint density at radius 2 is 1.50 bits per heavy atom. The maximum Gasteiger partial charge on any atom is 0.163 e. The van der Waals surface area contributed by atoms with Crippen molar-refractivity contribution in [1.29, 1.82) is 0 Å². The molecule has 1 unspecified atom stereocenters. The number of carbonyl (C=O) groups excluding carboxylic acids is 2. The highest BCUT2D eigenvalue weighted by molar-refractivity contribution is 6.01. The molecule has 194 valence electrons. The molecule has 2 aromatic carbocycles. The van der Waals surface area contributed by atoms with E-state index in [4.69, 9.17) is 29.2 Å². The lowest BCUT2D eigenvalue weighted by molar-refractivity contribution is -0.163. The molecule has 1 fully saturated rings. The first-order valence-electron chi connectivity index (χ1n) is 12.7. The van der Waals surface area contributed by atoms with Crippen LogP contribution in [-0.2, 0) is 22.3 Å². The smallest absolute Gasteiger partial charge is 0.163 e. The van der Waals surface area contributed by atoms with E-state index in [1.54, 1.807) is 0 Å². The number of hydrogen-bond acceptors (Lipinski definition) is 8. The normalized spacial score (nSPS) is 18.3. The van der Waals surface area contributed by atoms with Crippen LogP contribution < -0.4 is 9.47 Å². The minimum atomic E-state index is -0.219. The van der Waals surface area contributed by atoms with E-state index in [0.717, 1.165) is 54.7 Å². The summed E-state index contributed by atoms with van der Waals surface area (Å²) in [5.41, 5.74) is 3.22. The molecule has 1 aliphatic heterocycles. The predicted molar refractivity (Wildman–Crippen MR) is 132 cm³/mol. The van der Waals surface area contributed by atoms with Gasteiger partial charge >= 0.3 is 0 Å². The number of phenolic OH excluding ortho intramolecular Hbond substituents is 2. The van der Waals surface area contributed by atoms with E-state index in [1.807, 2.05) is 19.1 Å². The Hall–Kier alpha value is -3.10. The number of benzene rings is 2. The number of fused-ring (bicyclic) bond motifs is 2. The molecule has 3 aliphatic rings. The van der Waals surface area contributed by atoms with Gasteiger partial charge in [0.25, 0.3) is 0 Å². The van der Waals surface area contributed by atoms with Crippen molar-refractivity contribution in [1.82, 2.24) is 0 Å². The van der Waals surface area contributed by atoms with E-state index in [0.29, 0.717) is 50.4 Å². The summed E-state index contributed by atoms with van der Waals surface area (Å²) in [7, 11) is 0. The summed E-state index contributed by atoms with van der Waals surface area (Å²) in [5, 5.41) is 18.2. The lowest BCUT2D eigenvalue weighted by atomic mass is 10.1. The second-order valence-corrected chi connectivity index (χ2v) is 9.10. The van der Waals surface area contributed by atoms with Crippen molar-refractivity contribution in [3.8, 4) is 23.0 Å². The molecule has 1 atom stereocenters. The fraction of sp³-hybridized carbons (Fsp3) is 0.500. The van der Waals surface area contributed by atoms with Crippen LogP contribution in [0.1, 0.15) is 77.3 Å². The van der Waals surface area contributed by atoms with Crippen LogP contribution in [-0.4, -0.2) is 54.5 Å². The van der Waals surface area contributed by atoms with Crippen LogP contribution >= 0.6 is 0 Å². The maximum atomic E-state index is 11.9. The van der Waals surface area contributed by atoms with Gasteiger partial charge in [0.15, 0.2) is 40.9 Å². The minimum Gasteiger partial charge on any atom is -0.504 e. The van der Waals surface area contributed by atoms with Crippen molar-refractivity contribution in [3.63, 3.8) is 0 Å². The highest BCUT2D eigenvalue weighted by Gasteiger charge is 2.23. The monoisotopic (exact) mass is 498 g/mol. The van der Waals surface area contributed by atoms with E-state index >= 15 is 0 Å². The second-order valence-electron chi connectivity index (χ2n) is 9.10. The van der Waals surface area contributed by atoms with E-state index in [9.17, 15) is 9.59 Å². The zero-order valence-electron chi connectivity index (χ0n) is 20.7. The Kier molecular flexibility index (Phi) is 8.83. The number of phenols is 2. The fourth-order valence-electron chi connectivity index (χ4n) is 4.60. The van der Waals surface area contributed by atoms with Gasteiger partial charge in [0.1, 0.15) is 0 Å². The van der Waals surface area contributed by atoms with Gasteiger partial charge in [-0.1, -0.05) is 0 Å². The lowest BCUT2D eigenvalue weighted by Crippen LogP contribution is -2.23. The molecule has 2 aliphatic carbocycles. The molecule has 0 aromatic heterocycles. The van der Waals surface area contributed by atoms with E-state index < -0.39 is 0 Å². The first kappa shape index (κ1) is 26.0. The fourth-order valence-corrected chi connectivity index (χ4v) is 4.60. The van der Waals surface area contributed by atoms with Crippen molar-refractivity contribution >= 4 is 11.6 Å². The van der Waals surface area contributed by atoms with Gasteiger partial charge in [0.05, 0.1) is 19.8 Å². The largest absolute Gasteiger partial charge is 0.504 e. The molecule has 36 heavy (non-hydrogen) atoms. The first-order chi connectivity index (χ1) is 17.5. The summed E-state index contributed by atoms with van der Waals surface area (Å²) in [5.74, 6) is 1.24. The summed E-state index contributed by atoms with van der Waals surface area (Å²) < 4.78 is 22.8. The van der Waals surface area contributed by atoms with E-state index in [1.165, 1.54) is 18.6 Å². The van der Waals surface area contributed by atoms with Gasteiger partial charge in [-0.25, -0.2) is 0 Å². The van der Waals surface area contributed by atoms with Crippen LogP contribution in [0, 0.1) is 0 Å². The lowest BCUT2D eigenvalue weighted by Gasteiger charge is -2.22. The Balaban J connectivity index is 0.000000211. The highest BCUT2D eigenvalue weighted by atomic mass is 16.7. The zero-order chi connectivity index (χ0) is 25.5. The number of ether oxygens (including phenoxy) is 4. The number of rotatable bonds is 8. The molecule has 8 nitrogen and oxygen atoms in total. The van der Waals surface area contributed by atoms with Gasteiger partial charge in [0.2, 0.25) is 0 Å². The Morgan fingerprint density at radius 1 is 0.833 bits per heavy atom. The quantitative estimate of drug-likeness (QED) is 0.396. The Labute approximate surface area is 211 Å². The minimum absolute atomic E-state index is 0.0419. The number of aryl methyl sites for hydroxylation is 2. The highest BCUT2D eigenvalue weighted by Crippen LogP contribution is 2.35. The molecule has 0 bridgehead atoms. The third-order valence-corrected chi connectivity index (χ3v) is 6.50. The number of hydrogen-bond donors (Lipinski definition) is 2. The number of Topliss-reactive ketones (excluding diaryl/α,β-unsaturated/α-hetero) is 2. The SMILES string of the molecule is CCOc1cc2c(cc1OCCCOC1CCCCO1)C(=O)CC2.O=C1CCc2cc(O)c(O)cc21. The average Bonchev–Trinajstić information content (AvgIpc) is 3.42. The molecule has 0 saturated carbocycles. The summed E-state index contributed by atoms with van der Waals surface area (Å²) >= 11 is 0. The van der Waals surface area contributed by atoms with Gasteiger partial charge in [-0.15, -0.1) is 0 Å². The Morgan fingerprint density at radius 3 is 2.19 bits per heavy atom. The van der Waals surface area contributed by atoms with Crippen molar-refractivity contribution in [2.75, 3.05) is 26.4 Å². The summed E-state index contributed by atoms with van der Waals surface area (Å²) in [6.07, 6.45) is 6.51.